The molecule has 0 aromatic rings. The summed E-state index contributed by atoms with van der Waals surface area (Å²) in [6, 6.07) is 1.56. The second-order valence-electron chi connectivity index (χ2n) is 5.66. The summed E-state index contributed by atoms with van der Waals surface area (Å²) in [5, 5.41) is 0. The number of methoxy groups -OCH3 is 1. The van der Waals surface area contributed by atoms with Crippen LogP contribution in [0, 0.1) is 5.92 Å². The van der Waals surface area contributed by atoms with E-state index in [1.54, 1.807) is 7.11 Å². The van der Waals surface area contributed by atoms with Gasteiger partial charge in [0.25, 0.3) is 0 Å². The molecule has 2 N–H and O–H groups in total. The molecule has 2 aliphatic carbocycles. The zero-order chi connectivity index (χ0) is 12.1. The van der Waals surface area contributed by atoms with Gasteiger partial charge >= 0.3 is 0 Å². The SMILES string of the molecule is COCCN(C1CC1)C1CCCCCC1CN. The van der Waals surface area contributed by atoms with Crippen LogP contribution in [0.2, 0.25) is 0 Å². The molecule has 2 unspecified atom stereocenters. The highest BCUT2D eigenvalue weighted by molar-refractivity contribution is 4.92. The van der Waals surface area contributed by atoms with Gasteiger partial charge in [-0.15, -0.1) is 0 Å². The van der Waals surface area contributed by atoms with Gasteiger partial charge in [-0.3, -0.25) is 4.90 Å². The highest BCUT2D eigenvalue weighted by Crippen LogP contribution is 2.35. The lowest BCUT2D eigenvalue weighted by Gasteiger charge is -2.36. The molecular weight excluding hydrogens is 212 g/mol. The molecule has 2 rings (SSSR count). The number of hydrogen-bond donors (Lipinski definition) is 1. The van der Waals surface area contributed by atoms with Crippen molar-refractivity contribution >= 4 is 0 Å². The molecule has 0 bridgehead atoms. The van der Waals surface area contributed by atoms with Crippen LogP contribution >= 0.6 is 0 Å². The van der Waals surface area contributed by atoms with Crippen LogP contribution in [0.1, 0.15) is 44.9 Å². The smallest absolute Gasteiger partial charge is 0.0589 e. The van der Waals surface area contributed by atoms with Crippen molar-refractivity contribution in [1.82, 2.24) is 4.90 Å². The molecule has 0 spiro atoms. The van der Waals surface area contributed by atoms with Crippen molar-refractivity contribution < 1.29 is 4.74 Å². The molecule has 0 aromatic heterocycles. The van der Waals surface area contributed by atoms with E-state index in [-0.39, 0.29) is 0 Å². The van der Waals surface area contributed by atoms with Gasteiger partial charge in [0.2, 0.25) is 0 Å². The summed E-state index contributed by atoms with van der Waals surface area (Å²) in [6.45, 7) is 2.83. The first-order valence-corrected chi connectivity index (χ1v) is 7.31. The molecule has 2 fully saturated rings. The molecule has 3 nitrogen and oxygen atoms in total. The monoisotopic (exact) mass is 240 g/mol. The number of ether oxygens (including phenoxy) is 1. The maximum atomic E-state index is 5.99. The van der Waals surface area contributed by atoms with E-state index in [4.69, 9.17) is 10.5 Å². The minimum atomic E-state index is 0.718. The molecule has 2 atom stereocenters. The minimum Gasteiger partial charge on any atom is -0.383 e. The Morgan fingerprint density at radius 3 is 2.53 bits per heavy atom. The van der Waals surface area contributed by atoms with E-state index < -0.39 is 0 Å². The Labute approximate surface area is 106 Å². The molecule has 100 valence electrons. The molecule has 0 radical (unpaired) electrons. The molecular formula is C14H28N2O. The summed E-state index contributed by atoms with van der Waals surface area (Å²) < 4.78 is 5.27. The molecule has 0 amide bonds. The Bertz CT molecular complexity index is 218. The summed E-state index contributed by atoms with van der Waals surface area (Å²) in [5.74, 6) is 0.718. The lowest BCUT2D eigenvalue weighted by molar-refractivity contribution is 0.0838. The zero-order valence-corrected chi connectivity index (χ0v) is 11.2. The standard InChI is InChI=1S/C14H28N2O/c1-17-10-9-16(13-7-8-13)14-6-4-2-3-5-12(14)11-15/h12-14H,2-11,15H2,1H3. The van der Waals surface area contributed by atoms with E-state index >= 15 is 0 Å². The number of hydrogen-bond acceptors (Lipinski definition) is 3. The van der Waals surface area contributed by atoms with Crippen molar-refractivity contribution in [3.8, 4) is 0 Å². The third kappa shape index (κ3) is 3.67. The quantitative estimate of drug-likeness (QED) is 0.722. The summed E-state index contributed by atoms with van der Waals surface area (Å²) in [7, 11) is 1.80. The van der Waals surface area contributed by atoms with Crippen molar-refractivity contribution in [3.63, 3.8) is 0 Å². The van der Waals surface area contributed by atoms with Crippen molar-refractivity contribution in [2.24, 2.45) is 11.7 Å². The Kier molecular flexibility index (Phi) is 5.26. The average Bonchev–Trinajstić information content (AvgIpc) is 3.16. The van der Waals surface area contributed by atoms with Crippen LogP contribution < -0.4 is 5.73 Å². The van der Waals surface area contributed by atoms with Crippen LogP contribution in [-0.4, -0.2) is 43.8 Å². The van der Waals surface area contributed by atoms with Gasteiger partial charge in [0.1, 0.15) is 0 Å². The van der Waals surface area contributed by atoms with Crippen molar-refractivity contribution in [1.29, 1.82) is 0 Å². The maximum absolute atomic E-state index is 5.99. The second-order valence-corrected chi connectivity index (χ2v) is 5.66. The topological polar surface area (TPSA) is 38.5 Å². The summed E-state index contributed by atoms with van der Waals surface area (Å²) >= 11 is 0. The van der Waals surface area contributed by atoms with Crippen LogP contribution in [-0.2, 0) is 4.74 Å². The molecule has 2 saturated carbocycles. The van der Waals surface area contributed by atoms with Gasteiger partial charge in [-0.2, -0.15) is 0 Å². The fraction of sp³-hybridized carbons (Fsp3) is 1.00. The third-order valence-corrected chi connectivity index (χ3v) is 4.42. The average molecular weight is 240 g/mol. The summed E-state index contributed by atoms with van der Waals surface area (Å²) in [4.78, 5) is 2.71. The van der Waals surface area contributed by atoms with E-state index in [1.165, 1.54) is 44.9 Å². The largest absolute Gasteiger partial charge is 0.383 e. The highest BCUT2D eigenvalue weighted by Gasteiger charge is 2.36. The molecule has 3 heteroatoms. The number of rotatable bonds is 6. The van der Waals surface area contributed by atoms with Gasteiger partial charge < -0.3 is 10.5 Å². The van der Waals surface area contributed by atoms with Gasteiger partial charge in [0, 0.05) is 25.7 Å². The van der Waals surface area contributed by atoms with Gasteiger partial charge in [0.15, 0.2) is 0 Å². The fourth-order valence-electron chi connectivity index (χ4n) is 3.30. The predicted molar refractivity (Wildman–Crippen MR) is 71.0 cm³/mol. The first-order chi connectivity index (χ1) is 8.36. The highest BCUT2D eigenvalue weighted by atomic mass is 16.5. The van der Waals surface area contributed by atoms with Crippen LogP contribution in [0.3, 0.4) is 0 Å². The number of nitrogens with two attached hydrogens (primary N) is 1. The second kappa shape index (κ2) is 6.72. The van der Waals surface area contributed by atoms with Gasteiger partial charge in [-0.25, -0.2) is 0 Å². The van der Waals surface area contributed by atoms with Crippen LogP contribution in [0.25, 0.3) is 0 Å². The zero-order valence-electron chi connectivity index (χ0n) is 11.2. The van der Waals surface area contributed by atoms with Gasteiger partial charge in [-0.1, -0.05) is 19.3 Å². The van der Waals surface area contributed by atoms with Crippen molar-refractivity contribution in [2.45, 2.75) is 57.0 Å². The Morgan fingerprint density at radius 2 is 1.88 bits per heavy atom. The summed E-state index contributed by atoms with van der Waals surface area (Å²) in [5.41, 5.74) is 5.99. The molecule has 0 aromatic carbocycles. The van der Waals surface area contributed by atoms with Crippen LogP contribution in [0.15, 0.2) is 0 Å². The summed E-state index contributed by atoms with van der Waals surface area (Å²) in [6.07, 6.45) is 9.61. The van der Waals surface area contributed by atoms with Gasteiger partial charge in [0.05, 0.1) is 6.61 Å². The van der Waals surface area contributed by atoms with Crippen molar-refractivity contribution in [2.75, 3.05) is 26.8 Å². The first kappa shape index (κ1) is 13.3. The first-order valence-electron chi connectivity index (χ1n) is 7.31. The van der Waals surface area contributed by atoms with E-state index in [1.807, 2.05) is 0 Å². The third-order valence-electron chi connectivity index (χ3n) is 4.42. The molecule has 0 saturated heterocycles. The molecule has 2 aliphatic rings. The minimum absolute atomic E-state index is 0.718. The van der Waals surface area contributed by atoms with Crippen molar-refractivity contribution in [3.05, 3.63) is 0 Å². The van der Waals surface area contributed by atoms with E-state index in [2.05, 4.69) is 4.90 Å². The normalized spacial score (nSPS) is 30.5. The van der Waals surface area contributed by atoms with Crippen LogP contribution in [0.4, 0.5) is 0 Å². The molecule has 17 heavy (non-hydrogen) atoms. The maximum Gasteiger partial charge on any atom is 0.0589 e. The predicted octanol–water partition coefficient (Wildman–Crippen LogP) is 2.00. The Morgan fingerprint density at radius 1 is 1.12 bits per heavy atom. The van der Waals surface area contributed by atoms with E-state index in [9.17, 15) is 0 Å². The lowest BCUT2D eigenvalue weighted by atomic mass is 9.93. The fourth-order valence-corrected chi connectivity index (χ4v) is 3.30. The van der Waals surface area contributed by atoms with Gasteiger partial charge in [-0.05, 0) is 38.1 Å². The van der Waals surface area contributed by atoms with Crippen LogP contribution in [0.5, 0.6) is 0 Å². The Hall–Kier alpha value is -0.120. The van der Waals surface area contributed by atoms with E-state index in [0.29, 0.717) is 0 Å². The Balaban J connectivity index is 1.97. The lowest BCUT2D eigenvalue weighted by Crippen LogP contribution is -2.45. The molecule has 0 heterocycles. The molecule has 0 aliphatic heterocycles. The number of nitrogens with zero attached hydrogens (tertiary/aromatic N) is 1. The van der Waals surface area contributed by atoms with E-state index in [0.717, 1.165) is 37.7 Å².